The Morgan fingerprint density at radius 3 is 1.22 bits per heavy atom. The first kappa shape index (κ1) is 13.1. The molecule has 4 amide bonds. The highest BCUT2D eigenvalue weighted by molar-refractivity contribution is 6.14. The first-order chi connectivity index (χ1) is 8.36. The molecule has 11 heteroatoms. The lowest BCUT2D eigenvalue weighted by atomic mass is 10.3. The summed E-state index contributed by atoms with van der Waals surface area (Å²) in [5, 5.41) is 3.80. The molecule has 1 saturated heterocycles. The van der Waals surface area contributed by atoms with Crippen LogP contribution < -0.4 is 27.7 Å². The van der Waals surface area contributed by atoms with Crippen LogP contribution in [0.1, 0.15) is 6.42 Å². The largest absolute Gasteiger partial charge is 0.330 e. The van der Waals surface area contributed by atoms with E-state index in [1.165, 1.54) is 0 Å². The zero-order valence-corrected chi connectivity index (χ0v) is 8.66. The Bertz CT molecular complexity index is 527. The minimum absolute atomic E-state index is 0.258. The summed E-state index contributed by atoms with van der Waals surface area (Å²) in [6, 6.07) is -0.740. The van der Waals surface area contributed by atoms with Crippen LogP contribution in [0.5, 0.6) is 0 Å². The van der Waals surface area contributed by atoms with Crippen LogP contribution in [0.2, 0.25) is 0 Å². The lowest BCUT2D eigenvalue weighted by Gasteiger charge is -2.09. The van der Waals surface area contributed by atoms with Gasteiger partial charge in [-0.15, -0.1) is 0 Å². The Morgan fingerprint density at radius 2 is 0.944 bits per heavy atom. The quantitative estimate of drug-likeness (QED) is 0.301. The molecular weight excluding hydrogens is 250 g/mol. The molecule has 18 heavy (non-hydrogen) atoms. The number of aromatic amines is 3. The molecule has 0 radical (unpaired) electrons. The van der Waals surface area contributed by atoms with Crippen LogP contribution in [0.4, 0.5) is 4.79 Å². The maximum Gasteiger partial charge on any atom is 0.330 e. The molecule has 5 N–H and O–H groups in total. The van der Waals surface area contributed by atoms with Crippen molar-refractivity contribution in [2.45, 2.75) is 6.42 Å². The number of barbiturate groups is 1. The molecule has 2 rings (SSSR count). The molecule has 0 saturated carbocycles. The Labute approximate surface area is 96.6 Å². The monoisotopic (exact) mass is 257 g/mol. The van der Waals surface area contributed by atoms with Crippen molar-refractivity contribution < 1.29 is 14.4 Å². The van der Waals surface area contributed by atoms with Gasteiger partial charge >= 0.3 is 23.1 Å². The minimum atomic E-state index is -0.802. The number of hydrogen-bond donors (Lipinski definition) is 5. The number of carbonyl (C=O) groups is 3. The van der Waals surface area contributed by atoms with E-state index in [2.05, 4.69) is 0 Å². The molecule has 0 unspecified atom stereocenters. The van der Waals surface area contributed by atoms with Gasteiger partial charge in [0.15, 0.2) is 0 Å². The van der Waals surface area contributed by atoms with Crippen LogP contribution in [0.3, 0.4) is 0 Å². The summed E-state index contributed by atoms with van der Waals surface area (Å²) >= 11 is 0. The summed E-state index contributed by atoms with van der Waals surface area (Å²) in [7, 11) is 0. The Hall–Kier alpha value is -2.98. The third-order valence-electron chi connectivity index (χ3n) is 1.51. The van der Waals surface area contributed by atoms with Crippen molar-refractivity contribution in [2.24, 2.45) is 0 Å². The van der Waals surface area contributed by atoms with Crippen molar-refractivity contribution in [1.82, 2.24) is 25.6 Å². The molecule has 0 bridgehead atoms. The molecule has 2 heterocycles. The van der Waals surface area contributed by atoms with E-state index in [9.17, 15) is 28.8 Å². The smallest absolute Gasteiger partial charge is 0.277 e. The number of nitrogens with one attached hydrogen (secondary N) is 5. The number of urea groups is 1. The Morgan fingerprint density at radius 1 is 0.611 bits per heavy atom. The molecule has 96 valence electrons. The van der Waals surface area contributed by atoms with Gasteiger partial charge < -0.3 is 0 Å². The number of carbonyl (C=O) groups excluding carboxylic acids is 3. The Kier molecular flexibility index (Phi) is 3.91. The van der Waals surface area contributed by atoms with E-state index in [4.69, 9.17) is 0 Å². The fraction of sp³-hybridized carbons (Fsp3) is 0.143. The third-order valence-corrected chi connectivity index (χ3v) is 1.51. The van der Waals surface area contributed by atoms with Gasteiger partial charge in [0.2, 0.25) is 11.8 Å². The van der Waals surface area contributed by atoms with Crippen LogP contribution in [0, 0.1) is 0 Å². The average molecular weight is 257 g/mol. The van der Waals surface area contributed by atoms with E-state index >= 15 is 0 Å². The zero-order chi connectivity index (χ0) is 13.7. The highest BCUT2D eigenvalue weighted by Gasteiger charge is 2.20. The topological polar surface area (TPSA) is 174 Å². The van der Waals surface area contributed by atoms with Gasteiger partial charge in [0, 0.05) is 0 Å². The number of imide groups is 2. The van der Waals surface area contributed by atoms with Crippen molar-refractivity contribution in [3.63, 3.8) is 0 Å². The second kappa shape index (κ2) is 5.38. The van der Waals surface area contributed by atoms with E-state index in [1.807, 2.05) is 10.6 Å². The van der Waals surface area contributed by atoms with E-state index in [0.717, 1.165) is 0 Å². The van der Waals surface area contributed by atoms with Gasteiger partial charge in [-0.1, -0.05) is 0 Å². The molecule has 0 spiro atoms. The van der Waals surface area contributed by atoms with Crippen molar-refractivity contribution >= 4 is 17.8 Å². The SMILES string of the molecule is O=C1CC(=O)NC(=O)N1.O=c1[nH]c(=O)[nH]c(=O)[nH]1. The summed E-state index contributed by atoms with van der Waals surface area (Å²) in [5.74, 6) is -1.10. The van der Waals surface area contributed by atoms with Crippen LogP contribution >= 0.6 is 0 Å². The van der Waals surface area contributed by atoms with Gasteiger partial charge in [-0.2, -0.15) is 0 Å². The van der Waals surface area contributed by atoms with Crippen LogP contribution in [0.15, 0.2) is 14.4 Å². The van der Waals surface area contributed by atoms with Crippen molar-refractivity contribution in [3.8, 4) is 0 Å². The van der Waals surface area contributed by atoms with E-state index in [0.29, 0.717) is 0 Å². The van der Waals surface area contributed by atoms with Gasteiger partial charge in [-0.05, 0) is 0 Å². The number of amides is 4. The molecule has 1 aromatic heterocycles. The lowest BCUT2D eigenvalue weighted by Crippen LogP contribution is -2.49. The standard InChI is InChI=1S/C4H4N2O3.C3H3N3O3/c7-2-1-3(8)6-4(9)5-2;7-1-4-2(8)6-3(9)5-1/h1H2,(H2,5,6,7,8,9);(H3,4,5,6,7,8,9). The van der Waals surface area contributed by atoms with E-state index in [-0.39, 0.29) is 6.42 Å². The summed E-state index contributed by atoms with van der Waals surface area (Å²) in [4.78, 5) is 66.7. The van der Waals surface area contributed by atoms with Crippen molar-refractivity contribution in [2.75, 3.05) is 0 Å². The van der Waals surface area contributed by atoms with Crippen LogP contribution in [0.25, 0.3) is 0 Å². The summed E-state index contributed by atoms with van der Waals surface area (Å²) in [6.07, 6.45) is -0.258. The first-order valence-electron chi connectivity index (χ1n) is 4.43. The molecular formula is C7H7N5O6. The first-order valence-corrected chi connectivity index (χ1v) is 4.43. The van der Waals surface area contributed by atoms with Crippen molar-refractivity contribution in [1.29, 1.82) is 0 Å². The molecule has 1 aromatic rings. The van der Waals surface area contributed by atoms with Gasteiger partial charge in [0.25, 0.3) is 0 Å². The average Bonchev–Trinajstić information content (AvgIpc) is 2.12. The highest BCUT2D eigenvalue weighted by Crippen LogP contribution is 1.85. The van der Waals surface area contributed by atoms with Crippen LogP contribution in [-0.2, 0) is 9.59 Å². The van der Waals surface area contributed by atoms with Crippen molar-refractivity contribution in [3.05, 3.63) is 31.5 Å². The van der Waals surface area contributed by atoms with Crippen LogP contribution in [-0.4, -0.2) is 32.8 Å². The molecule has 0 aliphatic carbocycles. The molecule has 0 atom stereocenters. The number of rotatable bonds is 0. The fourth-order valence-electron chi connectivity index (χ4n) is 0.922. The third kappa shape index (κ3) is 4.26. The predicted octanol–water partition coefficient (Wildman–Crippen LogP) is -3.51. The Balaban J connectivity index is 0.000000180. The molecule has 1 fully saturated rings. The summed E-state index contributed by atoms with van der Waals surface area (Å²) < 4.78 is 0. The molecule has 0 aromatic carbocycles. The fourth-order valence-corrected chi connectivity index (χ4v) is 0.922. The highest BCUT2D eigenvalue weighted by atomic mass is 16.2. The second-order valence-electron chi connectivity index (χ2n) is 2.96. The van der Waals surface area contributed by atoms with Gasteiger partial charge in [0.05, 0.1) is 0 Å². The number of aromatic nitrogens is 3. The van der Waals surface area contributed by atoms with E-state index < -0.39 is 34.9 Å². The minimum Gasteiger partial charge on any atom is -0.277 e. The maximum absolute atomic E-state index is 10.3. The van der Waals surface area contributed by atoms with Gasteiger partial charge in [-0.3, -0.25) is 35.2 Å². The van der Waals surface area contributed by atoms with Gasteiger partial charge in [0.1, 0.15) is 6.42 Å². The normalized spacial score (nSPS) is 14.1. The second-order valence-corrected chi connectivity index (χ2v) is 2.96. The van der Waals surface area contributed by atoms with Gasteiger partial charge in [-0.25, -0.2) is 19.2 Å². The predicted molar refractivity (Wildman–Crippen MR) is 54.6 cm³/mol. The summed E-state index contributed by atoms with van der Waals surface area (Å²) in [6.45, 7) is 0. The molecule has 11 nitrogen and oxygen atoms in total. The molecule has 1 aliphatic heterocycles. The maximum atomic E-state index is 10.3. The van der Waals surface area contributed by atoms with E-state index in [1.54, 1.807) is 15.0 Å². The number of H-pyrrole nitrogens is 3. The lowest BCUT2D eigenvalue weighted by molar-refractivity contribution is -0.129. The molecule has 1 aliphatic rings. The zero-order valence-electron chi connectivity index (χ0n) is 8.66. The number of hydrogen-bond acceptors (Lipinski definition) is 6. The summed E-state index contributed by atoms with van der Waals surface area (Å²) in [5.41, 5.74) is -2.41.